The van der Waals surface area contributed by atoms with Gasteiger partial charge in [0.15, 0.2) is 0 Å². The van der Waals surface area contributed by atoms with Crippen molar-refractivity contribution < 1.29 is 0 Å². The summed E-state index contributed by atoms with van der Waals surface area (Å²) in [5.74, 6) is 0. The molecule has 0 fully saturated rings. The number of nitrogens with two attached hydrogens (primary N) is 1. The van der Waals surface area contributed by atoms with Crippen LogP contribution >= 0.6 is 0 Å². The van der Waals surface area contributed by atoms with Gasteiger partial charge in [-0.2, -0.15) is 0 Å². The second-order valence-corrected chi connectivity index (χ2v) is 7.12. The van der Waals surface area contributed by atoms with Crippen molar-refractivity contribution in [2.24, 2.45) is 10.7 Å². The highest BCUT2D eigenvalue weighted by atomic mass is 15.3. The lowest BCUT2D eigenvalue weighted by molar-refractivity contribution is 0.241. The molecule has 0 spiro atoms. The molecule has 0 aromatic carbocycles. The molecule has 0 bridgehead atoms. The summed E-state index contributed by atoms with van der Waals surface area (Å²) in [4.78, 5) is 6.97. The summed E-state index contributed by atoms with van der Waals surface area (Å²) in [5.41, 5.74) is 5.65. The zero-order valence-corrected chi connectivity index (χ0v) is 16.1. The van der Waals surface area contributed by atoms with Gasteiger partial charge in [-0.3, -0.25) is 9.89 Å². The first-order chi connectivity index (χ1) is 11.9. The molecule has 1 heterocycles. The molecule has 1 aliphatic rings. The maximum absolute atomic E-state index is 5.65. The molecule has 1 atom stereocenters. The molecule has 140 valence electrons. The number of aliphatic imine (C=N–C) groups is 1. The van der Waals surface area contributed by atoms with E-state index in [2.05, 4.69) is 35.2 Å². The summed E-state index contributed by atoms with van der Waals surface area (Å²) >= 11 is 0. The summed E-state index contributed by atoms with van der Waals surface area (Å²) in [6.45, 7) is 4.99. The minimum Gasteiger partial charge on any atom is -0.329 e. The highest BCUT2D eigenvalue weighted by Gasteiger charge is 2.19. The quantitative estimate of drug-likeness (QED) is 0.307. The van der Waals surface area contributed by atoms with Crippen molar-refractivity contribution in [3.8, 4) is 0 Å². The van der Waals surface area contributed by atoms with E-state index in [1.807, 2.05) is 0 Å². The summed E-state index contributed by atoms with van der Waals surface area (Å²) in [6.07, 6.45) is 24.7. The van der Waals surface area contributed by atoms with Crippen LogP contribution in [0, 0.1) is 0 Å². The van der Waals surface area contributed by atoms with Gasteiger partial charge in [-0.25, -0.2) is 0 Å². The zero-order valence-electron chi connectivity index (χ0n) is 16.1. The predicted octanol–water partition coefficient (Wildman–Crippen LogP) is 5.31. The SMILES string of the molecule is CCCCCCC/C=C/CCCCCCCC1N=CCN1CCN. The number of unbranched alkanes of at least 4 members (excludes halogenated alkanes) is 10. The second-order valence-electron chi connectivity index (χ2n) is 7.12. The fourth-order valence-corrected chi connectivity index (χ4v) is 3.37. The summed E-state index contributed by atoms with van der Waals surface area (Å²) < 4.78 is 0. The van der Waals surface area contributed by atoms with E-state index in [1.165, 1.54) is 83.5 Å². The third kappa shape index (κ3) is 11.0. The first-order valence-electron chi connectivity index (χ1n) is 10.5. The minimum atomic E-state index is 0.411. The topological polar surface area (TPSA) is 41.6 Å². The molecular formula is C21H41N3. The van der Waals surface area contributed by atoms with Crippen molar-refractivity contribution in [1.82, 2.24) is 4.90 Å². The fourth-order valence-electron chi connectivity index (χ4n) is 3.37. The first-order valence-corrected chi connectivity index (χ1v) is 10.5. The van der Waals surface area contributed by atoms with E-state index in [0.717, 1.165) is 19.6 Å². The Morgan fingerprint density at radius 3 is 2.25 bits per heavy atom. The van der Waals surface area contributed by atoms with Crippen LogP contribution in [0.3, 0.4) is 0 Å². The smallest absolute Gasteiger partial charge is 0.102 e. The Bertz CT molecular complexity index is 325. The number of nitrogens with zero attached hydrogens (tertiary/aromatic N) is 2. The first kappa shape index (κ1) is 21.4. The summed E-state index contributed by atoms with van der Waals surface area (Å²) in [7, 11) is 0. The van der Waals surface area contributed by atoms with Crippen LogP contribution in [0.4, 0.5) is 0 Å². The van der Waals surface area contributed by atoms with E-state index in [4.69, 9.17) is 5.73 Å². The van der Waals surface area contributed by atoms with Crippen molar-refractivity contribution in [1.29, 1.82) is 0 Å². The maximum atomic E-state index is 5.65. The Hall–Kier alpha value is -0.670. The van der Waals surface area contributed by atoms with Crippen LogP contribution in [0.25, 0.3) is 0 Å². The van der Waals surface area contributed by atoms with Crippen LogP contribution in [-0.2, 0) is 0 Å². The molecule has 0 aromatic heterocycles. The highest BCUT2D eigenvalue weighted by molar-refractivity contribution is 5.62. The van der Waals surface area contributed by atoms with Crippen LogP contribution in [-0.4, -0.2) is 36.9 Å². The van der Waals surface area contributed by atoms with Gasteiger partial charge in [-0.15, -0.1) is 0 Å². The number of hydrogen-bond acceptors (Lipinski definition) is 3. The van der Waals surface area contributed by atoms with Gasteiger partial charge >= 0.3 is 0 Å². The van der Waals surface area contributed by atoms with Gasteiger partial charge in [0.25, 0.3) is 0 Å². The number of allylic oxidation sites excluding steroid dienone is 2. The molecule has 1 aliphatic heterocycles. The van der Waals surface area contributed by atoms with Gasteiger partial charge in [0.2, 0.25) is 0 Å². The van der Waals surface area contributed by atoms with Crippen molar-refractivity contribution >= 4 is 6.21 Å². The largest absolute Gasteiger partial charge is 0.329 e. The van der Waals surface area contributed by atoms with Crippen molar-refractivity contribution in [3.05, 3.63) is 12.2 Å². The molecule has 0 amide bonds. The lowest BCUT2D eigenvalue weighted by atomic mass is 10.1. The molecule has 0 radical (unpaired) electrons. The Labute approximate surface area is 150 Å². The summed E-state index contributed by atoms with van der Waals surface area (Å²) in [6, 6.07) is 0. The molecule has 0 saturated carbocycles. The van der Waals surface area contributed by atoms with Crippen molar-refractivity contribution in [2.75, 3.05) is 19.6 Å². The second kappa shape index (κ2) is 15.8. The standard InChI is InChI=1S/C21H41N3/c1-2-3-4-5-6-7-8-9-10-11-12-13-14-15-16-21-23-18-20-24(21)19-17-22/h8-9,18,21H,2-7,10-17,19-20,22H2,1H3/b9-8+. The van der Waals surface area contributed by atoms with Crippen LogP contribution in [0.2, 0.25) is 0 Å². The number of hydrogen-bond donors (Lipinski definition) is 1. The fraction of sp³-hybridized carbons (Fsp3) is 0.857. The molecule has 1 unspecified atom stereocenters. The molecule has 2 N–H and O–H groups in total. The Morgan fingerprint density at radius 1 is 0.958 bits per heavy atom. The van der Waals surface area contributed by atoms with Gasteiger partial charge in [-0.05, 0) is 38.5 Å². The van der Waals surface area contributed by atoms with Gasteiger partial charge in [0.1, 0.15) is 6.17 Å². The monoisotopic (exact) mass is 335 g/mol. The zero-order chi connectivity index (χ0) is 17.3. The Balaban J connectivity index is 1.83. The predicted molar refractivity (Wildman–Crippen MR) is 108 cm³/mol. The minimum absolute atomic E-state index is 0.411. The van der Waals surface area contributed by atoms with Gasteiger partial charge < -0.3 is 5.73 Å². The highest BCUT2D eigenvalue weighted by Crippen LogP contribution is 2.15. The van der Waals surface area contributed by atoms with E-state index < -0.39 is 0 Å². The molecular weight excluding hydrogens is 294 g/mol. The van der Waals surface area contributed by atoms with Gasteiger partial charge in [0, 0.05) is 25.8 Å². The van der Waals surface area contributed by atoms with E-state index in [1.54, 1.807) is 0 Å². The van der Waals surface area contributed by atoms with E-state index in [0.29, 0.717) is 6.17 Å². The van der Waals surface area contributed by atoms with Crippen LogP contribution < -0.4 is 5.73 Å². The van der Waals surface area contributed by atoms with E-state index in [-0.39, 0.29) is 0 Å². The molecule has 3 nitrogen and oxygen atoms in total. The molecule has 0 aromatic rings. The average molecular weight is 336 g/mol. The number of rotatable bonds is 16. The maximum Gasteiger partial charge on any atom is 0.102 e. The van der Waals surface area contributed by atoms with E-state index in [9.17, 15) is 0 Å². The van der Waals surface area contributed by atoms with Crippen molar-refractivity contribution in [2.45, 2.75) is 96.6 Å². The van der Waals surface area contributed by atoms with Crippen LogP contribution in [0.15, 0.2) is 17.1 Å². The average Bonchev–Trinajstić information content (AvgIpc) is 3.03. The third-order valence-corrected chi connectivity index (χ3v) is 4.91. The van der Waals surface area contributed by atoms with Gasteiger partial charge in [-0.1, -0.05) is 64.0 Å². The molecule has 3 heteroatoms. The molecule has 24 heavy (non-hydrogen) atoms. The Kier molecular flexibility index (Phi) is 14.1. The normalized spacial score (nSPS) is 18.2. The molecule has 0 saturated heterocycles. The van der Waals surface area contributed by atoms with E-state index >= 15 is 0 Å². The molecule has 1 rings (SSSR count). The van der Waals surface area contributed by atoms with Crippen LogP contribution in [0.5, 0.6) is 0 Å². The van der Waals surface area contributed by atoms with Crippen molar-refractivity contribution in [3.63, 3.8) is 0 Å². The van der Waals surface area contributed by atoms with Crippen LogP contribution in [0.1, 0.15) is 90.4 Å². The lowest BCUT2D eigenvalue weighted by Crippen LogP contribution is -2.34. The Morgan fingerprint density at radius 2 is 1.58 bits per heavy atom. The summed E-state index contributed by atoms with van der Waals surface area (Å²) in [5, 5.41) is 0. The lowest BCUT2D eigenvalue weighted by Gasteiger charge is -2.21. The third-order valence-electron chi connectivity index (χ3n) is 4.91. The van der Waals surface area contributed by atoms with Gasteiger partial charge in [0.05, 0.1) is 0 Å². The molecule has 0 aliphatic carbocycles.